The molecule has 0 unspecified atom stereocenters. The number of hydrogen-bond acceptors (Lipinski definition) is 4. The number of nitrogens with zero attached hydrogens (tertiary/aromatic N) is 1. The lowest BCUT2D eigenvalue weighted by molar-refractivity contribution is 0.0769. The lowest BCUT2D eigenvalue weighted by atomic mass is 10.1. The predicted molar refractivity (Wildman–Crippen MR) is 51.9 cm³/mol. The highest BCUT2D eigenvalue weighted by Gasteiger charge is 2.13. The molecule has 0 aliphatic carbocycles. The minimum Gasteiger partial charge on any atom is -0.445 e. The number of ether oxygens (including phenoxy) is 1. The molecule has 0 radical (unpaired) electrons. The van der Waals surface area contributed by atoms with Gasteiger partial charge in [0, 0.05) is 19.3 Å². The van der Waals surface area contributed by atoms with Crippen molar-refractivity contribution in [3.63, 3.8) is 0 Å². The van der Waals surface area contributed by atoms with Crippen LogP contribution in [0.25, 0.3) is 0 Å². The number of hydrogen-bond donors (Lipinski definition) is 1. The van der Waals surface area contributed by atoms with Crippen molar-refractivity contribution in [2.45, 2.75) is 32.4 Å². The van der Waals surface area contributed by atoms with Crippen LogP contribution in [-0.4, -0.2) is 24.2 Å². The molecule has 1 aromatic rings. The number of aromatic nitrogens is 1. The van der Waals surface area contributed by atoms with E-state index in [2.05, 4.69) is 10.3 Å². The molecule has 4 nitrogen and oxygen atoms in total. The van der Waals surface area contributed by atoms with Crippen LogP contribution in [0, 0.1) is 6.92 Å². The van der Waals surface area contributed by atoms with Crippen LogP contribution in [0.5, 0.6) is 0 Å². The Morgan fingerprint density at radius 1 is 1.50 bits per heavy atom. The molecular formula is C10H16N2O2. The molecule has 2 heterocycles. The van der Waals surface area contributed by atoms with E-state index in [0.717, 1.165) is 44.3 Å². The first kappa shape index (κ1) is 9.68. The van der Waals surface area contributed by atoms with Crippen molar-refractivity contribution in [1.29, 1.82) is 0 Å². The highest BCUT2D eigenvalue weighted by molar-refractivity contribution is 4.90. The second kappa shape index (κ2) is 4.57. The maximum Gasteiger partial charge on any atom is 0.208 e. The molecule has 0 bridgehead atoms. The molecule has 1 saturated heterocycles. The van der Waals surface area contributed by atoms with Crippen molar-refractivity contribution in [2.75, 3.05) is 13.2 Å². The van der Waals surface area contributed by atoms with E-state index in [9.17, 15) is 0 Å². The Morgan fingerprint density at radius 2 is 2.29 bits per heavy atom. The molecule has 0 aromatic carbocycles. The smallest absolute Gasteiger partial charge is 0.208 e. The maximum absolute atomic E-state index is 5.37. The molecule has 78 valence electrons. The fourth-order valence-corrected chi connectivity index (χ4v) is 1.62. The molecule has 1 aromatic heterocycles. The van der Waals surface area contributed by atoms with Gasteiger partial charge in [0.1, 0.15) is 5.76 Å². The summed E-state index contributed by atoms with van der Waals surface area (Å²) in [6.07, 6.45) is 3.92. The van der Waals surface area contributed by atoms with Gasteiger partial charge in [-0.2, -0.15) is 0 Å². The van der Waals surface area contributed by atoms with Crippen molar-refractivity contribution in [1.82, 2.24) is 10.3 Å². The monoisotopic (exact) mass is 196 g/mol. The van der Waals surface area contributed by atoms with Gasteiger partial charge in [-0.05, 0) is 19.8 Å². The third-order valence-electron chi connectivity index (χ3n) is 2.43. The maximum atomic E-state index is 5.37. The molecule has 1 aliphatic rings. The number of oxazole rings is 1. The van der Waals surface area contributed by atoms with Crippen molar-refractivity contribution >= 4 is 0 Å². The third-order valence-corrected chi connectivity index (χ3v) is 2.43. The lowest BCUT2D eigenvalue weighted by Crippen LogP contribution is -2.34. The summed E-state index contributed by atoms with van der Waals surface area (Å²) in [6.45, 7) is 4.36. The third kappa shape index (κ3) is 2.56. The summed E-state index contributed by atoms with van der Waals surface area (Å²) in [5.41, 5.74) is 0. The highest BCUT2D eigenvalue weighted by atomic mass is 16.5. The normalized spacial score (nSPS) is 18.6. The molecule has 0 spiro atoms. The SMILES string of the molecule is Cc1cnc(CNC2CCOCC2)o1. The Kier molecular flexibility index (Phi) is 3.16. The molecule has 0 saturated carbocycles. The largest absolute Gasteiger partial charge is 0.445 e. The summed E-state index contributed by atoms with van der Waals surface area (Å²) in [5.74, 6) is 1.64. The van der Waals surface area contributed by atoms with Crippen LogP contribution < -0.4 is 5.32 Å². The van der Waals surface area contributed by atoms with E-state index in [-0.39, 0.29) is 0 Å². The van der Waals surface area contributed by atoms with Crippen LogP contribution in [0.4, 0.5) is 0 Å². The Hall–Kier alpha value is -0.870. The first-order chi connectivity index (χ1) is 6.84. The van der Waals surface area contributed by atoms with Crippen LogP contribution in [0.3, 0.4) is 0 Å². The average molecular weight is 196 g/mol. The van der Waals surface area contributed by atoms with E-state index >= 15 is 0 Å². The van der Waals surface area contributed by atoms with Crippen LogP contribution in [0.15, 0.2) is 10.6 Å². The van der Waals surface area contributed by atoms with Crippen molar-refractivity contribution in [3.8, 4) is 0 Å². The fourth-order valence-electron chi connectivity index (χ4n) is 1.62. The van der Waals surface area contributed by atoms with E-state index < -0.39 is 0 Å². The minimum atomic E-state index is 0.552. The van der Waals surface area contributed by atoms with E-state index in [1.165, 1.54) is 0 Å². The summed E-state index contributed by atoms with van der Waals surface area (Å²) >= 11 is 0. The van der Waals surface area contributed by atoms with Crippen LogP contribution >= 0.6 is 0 Å². The quantitative estimate of drug-likeness (QED) is 0.790. The summed E-state index contributed by atoms with van der Waals surface area (Å²) in [5, 5.41) is 3.41. The molecule has 1 fully saturated rings. The Bertz CT molecular complexity index is 279. The zero-order valence-corrected chi connectivity index (χ0v) is 8.45. The van der Waals surface area contributed by atoms with Gasteiger partial charge >= 0.3 is 0 Å². The summed E-state index contributed by atoms with van der Waals surface area (Å²) in [4.78, 5) is 4.14. The van der Waals surface area contributed by atoms with Crippen LogP contribution in [0.2, 0.25) is 0 Å². The number of aryl methyl sites for hydroxylation is 1. The zero-order chi connectivity index (χ0) is 9.80. The van der Waals surface area contributed by atoms with Gasteiger partial charge in [-0.3, -0.25) is 0 Å². The van der Waals surface area contributed by atoms with Crippen molar-refractivity contribution in [2.24, 2.45) is 0 Å². The molecule has 1 aliphatic heterocycles. The fraction of sp³-hybridized carbons (Fsp3) is 0.700. The van der Waals surface area contributed by atoms with Gasteiger partial charge in [0.2, 0.25) is 5.89 Å². The Morgan fingerprint density at radius 3 is 2.93 bits per heavy atom. The second-order valence-corrected chi connectivity index (χ2v) is 3.63. The van der Waals surface area contributed by atoms with E-state index in [4.69, 9.17) is 9.15 Å². The van der Waals surface area contributed by atoms with Gasteiger partial charge in [-0.15, -0.1) is 0 Å². The van der Waals surface area contributed by atoms with Gasteiger partial charge < -0.3 is 14.5 Å². The van der Waals surface area contributed by atoms with E-state index in [1.54, 1.807) is 6.20 Å². The topological polar surface area (TPSA) is 47.3 Å². The minimum absolute atomic E-state index is 0.552. The predicted octanol–water partition coefficient (Wildman–Crippen LogP) is 1.25. The Balaban J connectivity index is 1.76. The number of rotatable bonds is 3. The highest BCUT2D eigenvalue weighted by Crippen LogP contribution is 2.08. The first-order valence-corrected chi connectivity index (χ1v) is 5.07. The van der Waals surface area contributed by atoms with E-state index in [1.807, 2.05) is 6.92 Å². The van der Waals surface area contributed by atoms with Crippen LogP contribution in [-0.2, 0) is 11.3 Å². The summed E-state index contributed by atoms with van der Waals surface area (Å²) < 4.78 is 10.6. The van der Waals surface area contributed by atoms with Gasteiger partial charge in [0.15, 0.2) is 0 Å². The van der Waals surface area contributed by atoms with Crippen molar-refractivity contribution in [3.05, 3.63) is 17.8 Å². The van der Waals surface area contributed by atoms with Gasteiger partial charge in [-0.1, -0.05) is 0 Å². The molecule has 0 atom stereocenters. The molecule has 1 N–H and O–H groups in total. The average Bonchev–Trinajstić information content (AvgIpc) is 2.63. The van der Waals surface area contributed by atoms with Crippen LogP contribution in [0.1, 0.15) is 24.5 Å². The molecule has 4 heteroatoms. The van der Waals surface area contributed by atoms with Gasteiger partial charge in [-0.25, -0.2) is 4.98 Å². The van der Waals surface area contributed by atoms with Gasteiger partial charge in [0.05, 0.1) is 12.7 Å². The van der Waals surface area contributed by atoms with Gasteiger partial charge in [0.25, 0.3) is 0 Å². The molecule has 2 rings (SSSR count). The molecule has 14 heavy (non-hydrogen) atoms. The number of nitrogens with one attached hydrogen (secondary N) is 1. The zero-order valence-electron chi connectivity index (χ0n) is 8.45. The lowest BCUT2D eigenvalue weighted by Gasteiger charge is -2.22. The molecule has 0 amide bonds. The summed E-state index contributed by atoms with van der Waals surface area (Å²) in [7, 11) is 0. The standard InChI is InChI=1S/C10H16N2O2/c1-8-6-12-10(14-8)7-11-9-2-4-13-5-3-9/h6,9,11H,2-5,7H2,1H3. The molecular weight excluding hydrogens is 180 g/mol. The summed E-state index contributed by atoms with van der Waals surface area (Å²) in [6, 6.07) is 0.552. The second-order valence-electron chi connectivity index (χ2n) is 3.63. The first-order valence-electron chi connectivity index (χ1n) is 5.07. The van der Waals surface area contributed by atoms with Crippen molar-refractivity contribution < 1.29 is 9.15 Å². The van der Waals surface area contributed by atoms with E-state index in [0.29, 0.717) is 6.04 Å². The Labute approximate surface area is 83.7 Å².